The number of piperidine rings is 1. The first-order chi connectivity index (χ1) is 16.1. The van der Waals surface area contributed by atoms with Crippen molar-refractivity contribution in [3.63, 3.8) is 0 Å². The molecule has 33 heavy (non-hydrogen) atoms. The molecule has 0 unspecified atom stereocenters. The molecule has 5 nitrogen and oxygen atoms in total. The van der Waals surface area contributed by atoms with E-state index in [9.17, 15) is 9.59 Å². The lowest BCUT2D eigenvalue weighted by Gasteiger charge is -2.40. The first-order valence-corrected chi connectivity index (χ1v) is 11.4. The molecule has 0 bridgehead atoms. The molecule has 1 saturated heterocycles. The average Bonchev–Trinajstić information content (AvgIpc) is 2.88. The Morgan fingerprint density at radius 2 is 1.52 bits per heavy atom. The summed E-state index contributed by atoms with van der Waals surface area (Å²) in [6.45, 7) is 1.10. The van der Waals surface area contributed by atoms with Gasteiger partial charge in [0.15, 0.2) is 6.61 Å². The van der Waals surface area contributed by atoms with Crippen molar-refractivity contribution in [2.75, 3.05) is 26.7 Å². The number of amides is 2. The zero-order chi connectivity index (χ0) is 23.1. The molecule has 1 fully saturated rings. The van der Waals surface area contributed by atoms with Crippen LogP contribution >= 0.6 is 0 Å². The Balaban J connectivity index is 1.43. The topological polar surface area (TPSA) is 58.6 Å². The van der Waals surface area contributed by atoms with Crippen molar-refractivity contribution in [2.45, 2.75) is 19.3 Å². The fraction of sp³-hybridized carbons (Fsp3) is 0.286. The minimum atomic E-state index is -0.527. The molecule has 0 saturated carbocycles. The van der Waals surface area contributed by atoms with Crippen LogP contribution in [-0.4, -0.2) is 43.5 Å². The summed E-state index contributed by atoms with van der Waals surface area (Å²) in [7, 11) is 1.69. The van der Waals surface area contributed by atoms with E-state index < -0.39 is 5.41 Å². The Labute approximate surface area is 195 Å². The normalized spacial score (nSPS) is 15.0. The minimum absolute atomic E-state index is 0.0100. The third-order valence-electron chi connectivity index (χ3n) is 6.46. The average molecular weight is 443 g/mol. The molecule has 3 aromatic carbocycles. The van der Waals surface area contributed by atoms with Crippen LogP contribution in [0.5, 0.6) is 5.75 Å². The smallest absolute Gasteiger partial charge is 0.260 e. The summed E-state index contributed by atoms with van der Waals surface area (Å²) in [5.74, 6) is 0.677. The Bertz CT molecular complexity index is 1070. The third-order valence-corrected chi connectivity index (χ3v) is 6.46. The van der Waals surface area contributed by atoms with Crippen LogP contribution in [-0.2, 0) is 16.0 Å². The molecule has 1 heterocycles. The quantitative estimate of drug-likeness (QED) is 0.593. The lowest BCUT2D eigenvalue weighted by atomic mass is 9.72. The van der Waals surface area contributed by atoms with Gasteiger partial charge in [-0.15, -0.1) is 0 Å². The predicted octanol–water partition coefficient (Wildman–Crippen LogP) is 4.33. The van der Waals surface area contributed by atoms with Crippen molar-refractivity contribution in [2.24, 2.45) is 5.41 Å². The number of hydrogen-bond donors (Lipinski definition) is 1. The molecule has 0 radical (unpaired) electrons. The predicted molar refractivity (Wildman–Crippen MR) is 130 cm³/mol. The van der Waals surface area contributed by atoms with Crippen LogP contribution in [0.1, 0.15) is 18.4 Å². The highest BCUT2D eigenvalue weighted by Crippen LogP contribution is 2.36. The van der Waals surface area contributed by atoms with Gasteiger partial charge in [-0.05, 0) is 48.1 Å². The van der Waals surface area contributed by atoms with E-state index in [1.165, 1.54) is 0 Å². The number of carbonyl (C=O) groups is 2. The number of likely N-dealkylation sites (tertiary alicyclic amines) is 1. The van der Waals surface area contributed by atoms with Crippen molar-refractivity contribution < 1.29 is 14.3 Å². The molecule has 1 N–H and O–H groups in total. The standard InChI is InChI=1S/C28H30N2O3/c1-29-27(32)28(20-22-9-8-12-24(19-22)23-10-4-2-5-11-23)15-17-30(18-16-28)26(31)21-33-25-13-6-3-7-14-25/h2-14,19H,15-18,20-21H2,1H3,(H,29,32). The van der Waals surface area contributed by atoms with Gasteiger partial charge in [0.25, 0.3) is 5.91 Å². The zero-order valence-electron chi connectivity index (χ0n) is 19.0. The summed E-state index contributed by atoms with van der Waals surface area (Å²) in [6, 6.07) is 28.0. The van der Waals surface area contributed by atoms with E-state index in [1.54, 1.807) is 7.05 Å². The van der Waals surface area contributed by atoms with Crippen LogP contribution in [0, 0.1) is 5.41 Å². The highest BCUT2D eigenvalue weighted by molar-refractivity contribution is 5.84. The molecule has 0 aliphatic carbocycles. The van der Waals surface area contributed by atoms with Gasteiger partial charge in [-0.25, -0.2) is 0 Å². The maximum absolute atomic E-state index is 13.0. The number of nitrogens with one attached hydrogen (secondary N) is 1. The third kappa shape index (κ3) is 5.43. The zero-order valence-corrected chi connectivity index (χ0v) is 19.0. The number of carbonyl (C=O) groups excluding carboxylic acids is 2. The van der Waals surface area contributed by atoms with Crippen molar-refractivity contribution >= 4 is 11.8 Å². The largest absolute Gasteiger partial charge is 0.484 e. The van der Waals surface area contributed by atoms with Crippen LogP contribution in [0.3, 0.4) is 0 Å². The molecule has 1 aliphatic heterocycles. The lowest BCUT2D eigenvalue weighted by molar-refractivity contribution is -0.141. The number of benzene rings is 3. The Hall–Kier alpha value is -3.60. The van der Waals surface area contributed by atoms with Gasteiger partial charge in [-0.3, -0.25) is 9.59 Å². The first-order valence-electron chi connectivity index (χ1n) is 11.4. The van der Waals surface area contributed by atoms with E-state index in [0.717, 1.165) is 16.7 Å². The molecular weight excluding hydrogens is 412 g/mol. The van der Waals surface area contributed by atoms with E-state index in [4.69, 9.17) is 4.74 Å². The number of para-hydroxylation sites is 1. The number of rotatable bonds is 7. The van der Waals surface area contributed by atoms with Crippen LogP contribution < -0.4 is 10.1 Å². The maximum atomic E-state index is 13.0. The fourth-order valence-corrected chi connectivity index (χ4v) is 4.57. The summed E-state index contributed by atoms with van der Waals surface area (Å²) in [5.41, 5.74) is 2.91. The highest BCUT2D eigenvalue weighted by Gasteiger charge is 2.41. The van der Waals surface area contributed by atoms with Crippen molar-refractivity contribution in [1.82, 2.24) is 10.2 Å². The van der Waals surface area contributed by atoms with Crippen LogP contribution in [0.2, 0.25) is 0 Å². The fourth-order valence-electron chi connectivity index (χ4n) is 4.57. The Kier molecular flexibility index (Phi) is 7.08. The second kappa shape index (κ2) is 10.3. The van der Waals surface area contributed by atoms with Crippen molar-refractivity contribution in [3.05, 3.63) is 90.5 Å². The summed E-state index contributed by atoms with van der Waals surface area (Å²) < 4.78 is 5.62. The van der Waals surface area contributed by atoms with Gasteiger partial charge in [0, 0.05) is 20.1 Å². The van der Waals surface area contributed by atoms with Gasteiger partial charge < -0.3 is 15.0 Å². The van der Waals surface area contributed by atoms with E-state index >= 15 is 0 Å². The summed E-state index contributed by atoms with van der Waals surface area (Å²) in [6.07, 6.45) is 1.90. The molecular formula is C28H30N2O3. The van der Waals surface area contributed by atoms with Gasteiger partial charge in [0.2, 0.25) is 5.91 Å². The second-order valence-corrected chi connectivity index (χ2v) is 8.59. The number of ether oxygens (including phenoxy) is 1. The molecule has 2 amide bonds. The van der Waals surface area contributed by atoms with Crippen LogP contribution in [0.25, 0.3) is 11.1 Å². The Morgan fingerprint density at radius 1 is 0.879 bits per heavy atom. The lowest BCUT2D eigenvalue weighted by Crippen LogP contribution is -2.51. The molecule has 5 heteroatoms. The molecule has 0 atom stereocenters. The van der Waals surface area contributed by atoms with E-state index in [2.05, 4.69) is 41.7 Å². The van der Waals surface area contributed by atoms with Crippen molar-refractivity contribution in [3.8, 4) is 16.9 Å². The molecule has 1 aliphatic rings. The molecule has 170 valence electrons. The molecule has 4 rings (SSSR count). The van der Waals surface area contributed by atoms with E-state index in [0.29, 0.717) is 38.1 Å². The SMILES string of the molecule is CNC(=O)C1(Cc2cccc(-c3ccccc3)c2)CCN(C(=O)COc2ccccc2)CC1. The van der Waals surface area contributed by atoms with E-state index in [1.807, 2.05) is 53.4 Å². The minimum Gasteiger partial charge on any atom is -0.484 e. The van der Waals surface area contributed by atoms with Gasteiger partial charge in [0.1, 0.15) is 5.75 Å². The monoisotopic (exact) mass is 442 g/mol. The molecule has 0 aromatic heterocycles. The highest BCUT2D eigenvalue weighted by atomic mass is 16.5. The van der Waals surface area contributed by atoms with Crippen molar-refractivity contribution in [1.29, 1.82) is 0 Å². The van der Waals surface area contributed by atoms with Gasteiger partial charge in [-0.2, -0.15) is 0 Å². The van der Waals surface area contributed by atoms with Crippen LogP contribution in [0.15, 0.2) is 84.9 Å². The maximum Gasteiger partial charge on any atom is 0.260 e. The molecule has 0 spiro atoms. The molecule has 3 aromatic rings. The van der Waals surface area contributed by atoms with Gasteiger partial charge in [0.05, 0.1) is 5.41 Å². The van der Waals surface area contributed by atoms with Crippen LogP contribution in [0.4, 0.5) is 0 Å². The second-order valence-electron chi connectivity index (χ2n) is 8.59. The number of hydrogen-bond acceptors (Lipinski definition) is 3. The van der Waals surface area contributed by atoms with Gasteiger partial charge in [-0.1, -0.05) is 72.8 Å². The first kappa shape index (κ1) is 22.6. The summed E-state index contributed by atoms with van der Waals surface area (Å²) in [4.78, 5) is 27.5. The van der Waals surface area contributed by atoms with Gasteiger partial charge >= 0.3 is 0 Å². The Morgan fingerprint density at radius 3 is 2.18 bits per heavy atom. The number of nitrogens with zero attached hydrogens (tertiary/aromatic N) is 1. The van der Waals surface area contributed by atoms with E-state index in [-0.39, 0.29) is 18.4 Å². The summed E-state index contributed by atoms with van der Waals surface area (Å²) in [5, 5.41) is 2.87. The summed E-state index contributed by atoms with van der Waals surface area (Å²) >= 11 is 0.